The topological polar surface area (TPSA) is 94.5 Å². The first-order valence-corrected chi connectivity index (χ1v) is 14.8. The standard InChI is InChI=1S/C32H46O7/c1-6-27-21(4)12-13-31(39-27)17-25-16-24(38-31)11-10-20(3)14-19(2)8-7-9-23-18-36-29-28(33)22(5)15-26(30(34)37-25)32(23,29)35/h7-10,15,19,21,24-29,33,35H,6,11-14,16-18H2,1-5H3/b8-7?,20-10+,23-9?/t19?,21?,24-,25+,26+,27?,28-,29-,31-,32-/m1/s1. The molecule has 7 heteroatoms. The van der Waals surface area contributed by atoms with Gasteiger partial charge in [0.2, 0.25) is 0 Å². The number of aliphatic hydroxyl groups excluding tert-OH is 1. The van der Waals surface area contributed by atoms with Crippen molar-refractivity contribution >= 4 is 5.97 Å². The molecule has 3 unspecified atom stereocenters. The second-order valence-electron chi connectivity index (χ2n) is 12.7. The van der Waals surface area contributed by atoms with Crippen LogP contribution < -0.4 is 0 Å². The summed E-state index contributed by atoms with van der Waals surface area (Å²) in [4.78, 5) is 13.9. The van der Waals surface area contributed by atoms with E-state index in [9.17, 15) is 15.0 Å². The van der Waals surface area contributed by atoms with E-state index in [2.05, 4.69) is 39.8 Å². The minimum Gasteiger partial charge on any atom is -0.462 e. The van der Waals surface area contributed by atoms with E-state index in [1.165, 1.54) is 5.57 Å². The molecule has 0 aromatic carbocycles. The van der Waals surface area contributed by atoms with Crippen molar-refractivity contribution < 1.29 is 34.0 Å². The number of fused-ring (bicyclic) bond motifs is 2. The fourth-order valence-electron chi connectivity index (χ4n) is 7.23. The van der Waals surface area contributed by atoms with Gasteiger partial charge in [-0.05, 0) is 62.5 Å². The Kier molecular flexibility index (Phi) is 8.29. The Bertz CT molecular complexity index is 1060. The maximum absolute atomic E-state index is 13.9. The zero-order valence-electron chi connectivity index (χ0n) is 24.1. The quantitative estimate of drug-likeness (QED) is 0.359. The van der Waals surface area contributed by atoms with Crippen molar-refractivity contribution in [3.05, 3.63) is 47.1 Å². The van der Waals surface area contributed by atoms with Gasteiger partial charge in [-0.15, -0.1) is 0 Å². The number of allylic oxidation sites excluding steroid dienone is 4. The molecule has 1 spiro atoms. The van der Waals surface area contributed by atoms with Gasteiger partial charge in [-0.2, -0.15) is 0 Å². The van der Waals surface area contributed by atoms with Gasteiger partial charge in [0, 0.05) is 19.3 Å². The Labute approximate surface area is 232 Å². The lowest BCUT2D eigenvalue weighted by molar-refractivity contribution is -0.335. The SMILES string of the molecule is CCC1O[C@]2(CCC1C)C[C@@H]1C[C@@H](C/C=C(\C)CC(C)C=CC=C3CO[C@@H]4[C@H](O)C(C)=C[C@@H](C(=O)O1)[C@]34O)O2. The van der Waals surface area contributed by atoms with Crippen molar-refractivity contribution in [3.63, 3.8) is 0 Å². The fourth-order valence-corrected chi connectivity index (χ4v) is 7.23. The first-order chi connectivity index (χ1) is 18.5. The van der Waals surface area contributed by atoms with Crippen molar-refractivity contribution in [2.24, 2.45) is 17.8 Å². The Morgan fingerprint density at radius 3 is 2.72 bits per heavy atom. The van der Waals surface area contributed by atoms with Crippen LogP contribution in [0.15, 0.2) is 47.1 Å². The van der Waals surface area contributed by atoms with Gasteiger partial charge in [-0.1, -0.05) is 56.7 Å². The number of rotatable bonds is 1. The van der Waals surface area contributed by atoms with Gasteiger partial charge in [-0.3, -0.25) is 4.79 Å². The number of carbonyl (C=O) groups excluding carboxylic acids is 1. The van der Waals surface area contributed by atoms with E-state index in [1.54, 1.807) is 13.0 Å². The lowest BCUT2D eigenvalue weighted by Crippen LogP contribution is -2.58. The normalized spacial score (nSPS) is 46.5. The van der Waals surface area contributed by atoms with Crippen LogP contribution in [0.2, 0.25) is 0 Å². The zero-order valence-corrected chi connectivity index (χ0v) is 24.1. The highest BCUT2D eigenvalue weighted by atomic mass is 16.7. The van der Waals surface area contributed by atoms with Gasteiger partial charge in [-0.25, -0.2) is 0 Å². The number of aliphatic hydroxyl groups is 2. The van der Waals surface area contributed by atoms with E-state index in [0.29, 0.717) is 35.8 Å². The van der Waals surface area contributed by atoms with Crippen molar-refractivity contribution in [2.75, 3.05) is 6.61 Å². The van der Waals surface area contributed by atoms with Crippen LogP contribution in [-0.2, 0) is 23.7 Å². The van der Waals surface area contributed by atoms with E-state index < -0.39 is 41.6 Å². The Hall–Kier alpha value is -1.77. The van der Waals surface area contributed by atoms with Crippen molar-refractivity contribution in [3.8, 4) is 0 Å². The smallest absolute Gasteiger partial charge is 0.316 e. The van der Waals surface area contributed by atoms with Crippen molar-refractivity contribution in [1.29, 1.82) is 0 Å². The Balaban J connectivity index is 1.51. The van der Waals surface area contributed by atoms with E-state index in [1.807, 2.05) is 12.2 Å². The number of hydrogen-bond donors (Lipinski definition) is 2. The molecule has 2 bridgehead atoms. The summed E-state index contributed by atoms with van der Waals surface area (Å²) in [6, 6.07) is 0. The van der Waals surface area contributed by atoms with Gasteiger partial charge < -0.3 is 29.2 Å². The summed E-state index contributed by atoms with van der Waals surface area (Å²) in [5.41, 5.74) is 0.788. The number of esters is 1. The van der Waals surface area contributed by atoms with Crippen LogP contribution in [0.5, 0.6) is 0 Å². The zero-order chi connectivity index (χ0) is 27.9. The Morgan fingerprint density at radius 2 is 1.95 bits per heavy atom. The monoisotopic (exact) mass is 542 g/mol. The predicted octanol–water partition coefficient (Wildman–Crippen LogP) is 4.92. The lowest BCUT2D eigenvalue weighted by atomic mass is 9.71. The van der Waals surface area contributed by atoms with Crippen LogP contribution in [-0.4, -0.2) is 64.7 Å². The lowest BCUT2D eigenvalue weighted by Gasteiger charge is -2.50. The van der Waals surface area contributed by atoms with Gasteiger partial charge in [0.15, 0.2) is 5.79 Å². The average molecular weight is 543 g/mol. The highest BCUT2D eigenvalue weighted by molar-refractivity contribution is 5.78. The summed E-state index contributed by atoms with van der Waals surface area (Å²) in [5.74, 6) is -1.52. The number of ether oxygens (including phenoxy) is 4. The number of hydrogen-bond acceptors (Lipinski definition) is 7. The summed E-state index contributed by atoms with van der Waals surface area (Å²) in [5, 5.41) is 22.9. The summed E-state index contributed by atoms with van der Waals surface area (Å²) in [6.07, 6.45) is 12.8. The van der Waals surface area contributed by atoms with E-state index in [-0.39, 0.29) is 18.8 Å². The highest BCUT2D eigenvalue weighted by Gasteiger charge is 2.60. The predicted molar refractivity (Wildman–Crippen MR) is 148 cm³/mol. The second kappa shape index (κ2) is 11.2. The minimum atomic E-state index is -1.68. The molecule has 216 valence electrons. The van der Waals surface area contributed by atoms with Crippen LogP contribution >= 0.6 is 0 Å². The van der Waals surface area contributed by atoms with Gasteiger partial charge in [0.05, 0.1) is 18.8 Å². The second-order valence-corrected chi connectivity index (χ2v) is 12.7. The molecule has 5 rings (SSSR count). The minimum absolute atomic E-state index is 0.104. The summed E-state index contributed by atoms with van der Waals surface area (Å²) >= 11 is 0. The summed E-state index contributed by atoms with van der Waals surface area (Å²) < 4.78 is 25.4. The molecule has 3 fully saturated rings. The molecule has 10 atom stereocenters. The third-order valence-electron chi connectivity index (χ3n) is 9.50. The van der Waals surface area contributed by atoms with Crippen LogP contribution in [0.3, 0.4) is 0 Å². The summed E-state index contributed by atoms with van der Waals surface area (Å²) in [7, 11) is 0. The molecule has 0 radical (unpaired) electrons. The van der Waals surface area contributed by atoms with Crippen LogP contribution in [0.1, 0.15) is 79.6 Å². The summed E-state index contributed by atoms with van der Waals surface area (Å²) in [6.45, 7) is 10.6. The van der Waals surface area contributed by atoms with E-state index >= 15 is 0 Å². The largest absolute Gasteiger partial charge is 0.462 e. The van der Waals surface area contributed by atoms with Gasteiger partial charge in [0.1, 0.15) is 29.8 Å². The molecule has 39 heavy (non-hydrogen) atoms. The van der Waals surface area contributed by atoms with E-state index in [4.69, 9.17) is 18.9 Å². The maximum Gasteiger partial charge on any atom is 0.316 e. The van der Waals surface area contributed by atoms with Gasteiger partial charge in [0.25, 0.3) is 0 Å². The molecule has 7 nitrogen and oxygen atoms in total. The molecule has 1 aliphatic carbocycles. The van der Waals surface area contributed by atoms with Crippen molar-refractivity contribution in [2.45, 2.75) is 121 Å². The molecule has 0 saturated carbocycles. The molecule has 0 amide bonds. The highest BCUT2D eigenvalue weighted by Crippen LogP contribution is 2.47. The van der Waals surface area contributed by atoms with Crippen LogP contribution in [0, 0.1) is 17.8 Å². The fraction of sp³-hybridized carbons (Fsp3) is 0.719. The molecule has 3 saturated heterocycles. The molecule has 0 aromatic heterocycles. The first kappa shape index (κ1) is 28.7. The molecule has 4 heterocycles. The molecule has 5 aliphatic rings. The van der Waals surface area contributed by atoms with Gasteiger partial charge >= 0.3 is 5.97 Å². The first-order valence-electron chi connectivity index (χ1n) is 14.8. The van der Waals surface area contributed by atoms with E-state index in [0.717, 1.165) is 32.1 Å². The molecule has 2 N–H and O–H groups in total. The van der Waals surface area contributed by atoms with Crippen molar-refractivity contribution in [1.82, 2.24) is 0 Å². The Morgan fingerprint density at radius 1 is 1.15 bits per heavy atom. The molecule has 4 aliphatic heterocycles. The molecular formula is C32H46O7. The molecular weight excluding hydrogens is 496 g/mol. The number of carbonyl (C=O) groups is 1. The third-order valence-corrected chi connectivity index (χ3v) is 9.50. The van der Waals surface area contributed by atoms with Crippen LogP contribution in [0.25, 0.3) is 0 Å². The van der Waals surface area contributed by atoms with Crippen LogP contribution in [0.4, 0.5) is 0 Å². The molecule has 0 aromatic rings. The average Bonchev–Trinajstić information content (AvgIpc) is 3.23. The third kappa shape index (κ3) is 5.58. The maximum atomic E-state index is 13.9.